The number of methoxy groups -OCH3 is 2. The van der Waals surface area contributed by atoms with Crippen molar-refractivity contribution in [3.63, 3.8) is 0 Å². The number of carbonyl (C=O) groups is 1. The van der Waals surface area contributed by atoms with E-state index in [9.17, 15) is 31.1 Å². The lowest BCUT2D eigenvalue weighted by atomic mass is 10.0. The Morgan fingerprint density at radius 2 is 1.69 bits per heavy atom. The number of hydrogen-bond donors (Lipinski definition) is 1. The molecule has 1 aromatic heterocycles. The Kier molecular flexibility index (Phi) is 5.01. The number of nitrogens with two attached hydrogens (primary N) is 1. The summed E-state index contributed by atoms with van der Waals surface area (Å²) in [7, 11) is 2.00. The van der Waals surface area contributed by atoms with E-state index in [4.69, 9.17) is 10.5 Å². The first kappa shape index (κ1) is 19.3. The third kappa shape index (κ3) is 3.11. The van der Waals surface area contributed by atoms with Gasteiger partial charge in [0.25, 0.3) is 0 Å². The van der Waals surface area contributed by atoms with Crippen LogP contribution in [0, 0.1) is 17.5 Å². The maximum Gasteiger partial charge on any atom is 0.419 e. The minimum absolute atomic E-state index is 0.215. The molecule has 0 aliphatic rings. The van der Waals surface area contributed by atoms with Gasteiger partial charge >= 0.3 is 12.1 Å². The van der Waals surface area contributed by atoms with E-state index in [2.05, 4.69) is 9.72 Å². The van der Waals surface area contributed by atoms with Gasteiger partial charge in [0.05, 0.1) is 19.8 Å². The number of pyridine rings is 1. The summed E-state index contributed by atoms with van der Waals surface area (Å²) in [5.41, 5.74) is 0.201. The molecule has 11 heteroatoms. The molecule has 1 heterocycles. The predicted molar refractivity (Wildman–Crippen MR) is 76.9 cm³/mol. The second kappa shape index (κ2) is 6.73. The smallest absolute Gasteiger partial charge is 0.419 e. The second-order valence-electron chi connectivity index (χ2n) is 4.85. The number of nitrogens with zero attached hydrogens (tertiary/aromatic N) is 1. The van der Waals surface area contributed by atoms with Gasteiger partial charge in [0, 0.05) is 5.56 Å². The van der Waals surface area contributed by atoms with Gasteiger partial charge in [0.2, 0.25) is 0 Å². The normalized spacial score (nSPS) is 11.4. The number of benzene rings is 1. The molecule has 26 heavy (non-hydrogen) atoms. The lowest BCUT2D eigenvalue weighted by Crippen LogP contribution is -2.14. The summed E-state index contributed by atoms with van der Waals surface area (Å²) in [6, 6.07) is 0.687. The highest BCUT2D eigenvalue weighted by molar-refractivity contribution is 5.93. The fourth-order valence-electron chi connectivity index (χ4n) is 2.14. The number of aromatic nitrogens is 1. The van der Waals surface area contributed by atoms with Crippen LogP contribution in [0.5, 0.6) is 5.75 Å². The molecule has 140 valence electrons. The van der Waals surface area contributed by atoms with Crippen LogP contribution in [0.15, 0.2) is 12.1 Å². The van der Waals surface area contributed by atoms with Crippen LogP contribution >= 0.6 is 0 Å². The van der Waals surface area contributed by atoms with Crippen LogP contribution in [0.25, 0.3) is 11.3 Å². The summed E-state index contributed by atoms with van der Waals surface area (Å²) in [6.45, 7) is 0. The minimum atomic E-state index is -5.16. The Bertz CT molecular complexity index is 883. The molecule has 0 aliphatic heterocycles. The number of nitrogen functional groups attached to an aromatic ring is 1. The van der Waals surface area contributed by atoms with Gasteiger partial charge < -0.3 is 15.2 Å². The zero-order valence-electron chi connectivity index (χ0n) is 13.2. The summed E-state index contributed by atoms with van der Waals surface area (Å²) >= 11 is 0. The molecule has 0 amide bonds. The Hall–Kier alpha value is -2.98. The number of halogens is 6. The molecule has 5 nitrogen and oxygen atoms in total. The minimum Gasteiger partial charge on any atom is -0.492 e. The van der Waals surface area contributed by atoms with E-state index >= 15 is 0 Å². The lowest BCUT2D eigenvalue weighted by Gasteiger charge is -2.15. The highest BCUT2D eigenvalue weighted by Crippen LogP contribution is 2.38. The summed E-state index contributed by atoms with van der Waals surface area (Å²) in [5.74, 6) is -7.32. The molecule has 2 aromatic rings. The second-order valence-corrected chi connectivity index (χ2v) is 4.85. The molecule has 2 rings (SSSR count). The van der Waals surface area contributed by atoms with E-state index in [1.807, 2.05) is 0 Å². The average Bonchev–Trinajstić information content (AvgIpc) is 2.58. The van der Waals surface area contributed by atoms with Gasteiger partial charge in [0.15, 0.2) is 28.9 Å². The lowest BCUT2D eigenvalue weighted by molar-refractivity contribution is -0.140. The van der Waals surface area contributed by atoms with Crippen molar-refractivity contribution in [3.8, 4) is 17.0 Å². The third-order valence-corrected chi connectivity index (χ3v) is 3.35. The van der Waals surface area contributed by atoms with Crippen molar-refractivity contribution in [1.29, 1.82) is 0 Å². The Morgan fingerprint density at radius 1 is 1.08 bits per heavy atom. The van der Waals surface area contributed by atoms with Gasteiger partial charge in [-0.3, -0.25) is 0 Å². The van der Waals surface area contributed by atoms with Crippen molar-refractivity contribution in [2.75, 3.05) is 20.0 Å². The maximum atomic E-state index is 14.4. The summed E-state index contributed by atoms with van der Waals surface area (Å²) < 4.78 is 89.3. The maximum absolute atomic E-state index is 14.4. The summed E-state index contributed by atoms with van der Waals surface area (Å²) in [6.07, 6.45) is -5.16. The summed E-state index contributed by atoms with van der Waals surface area (Å²) in [5, 5.41) is 0. The monoisotopic (exact) mass is 380 g/mol. The zero-order chi connectivity index (χ0) is 19.8. The van der Waals surface area contributed by atoms with E-state index in [0.29, 0.717) is 6.07 Å². The van der Waals surface area contributed by atoms with Crippen LogP contribution in [-0.2, 0) is 10.9 Å². The molecule has 0 saturated heterocycles. The van der Waals surface area contributed by atoms with Crippen molar-refractivity contribution in [2.45, 2.75) is 6.18 Å². The van der Waals surface area contributed by atoms with Crippen LogP contribution < -0.4 is 10.5 Å². The zero-order valence-corrected chi connectivity index (χ0v) is 13.2. The van der Waals surface area contributed by atoms with Gasteiger partial charge in [-0.1, -0.05) is 0 Å². The quantitative estimate of drug-likeness (QED) is 0.651. The van der Waals surface area contributed by atoms with Crippen LogP contribution in [0.2, 0.25) is 0 Å². The first-order chi connectivity index (χ1) is 12.0. The molecular formula is C15H10F6N2O3. The van der Waals surface area contributed by atoms with Gasteiger partial charge in [-0.2, -0.15) is 13.2 Å². The van der Waals surface area contributed by atoms with Gasteiger partial charge in [0.1, 0.15) is 11.4 Å². The molecule has 0 saturated carbocycles. The Labute approximate surface area is 142 Å². The number of carbonyl (C=O) groups excluding carboxylic acids is 1. The third-order valence-electron chi connectivity index (χ3n) is 3.35. The first-order valence-corrected chi connectivity index (χ1v) is 6.71. The summed E-state index contributed by atoms with van der Waals surface area (Å²) in [4.78, 5) is 15.2. The van der Waals surface area contributed by atoms with Gasteiger partial charge in [-0.25, -0.2) is 22.9 Å². The fraction of sp³-hybridized carbons (Fsp3) is 0.200. The highest BCUT2D eigenvalue weighted by Gasteiger charge is 2.37. The average molecular weight is 380 g/mol. The van der Waals surface area contributed by atoms with Crippen molar-refractivity contribution in [2.24, 2.45) is 0 Å². The molecule has 0 fully saturated rings. The topological polar surface area (TPSA) is 74.4 Å². The van der Waals surface area contributed by atoms with Gasteiger partial charge in [-0.05, 0) is 12.1 Å². The SMILES string of the molecule is COC(=O)c1nc(-c2ccc(C(F)(F)F)c(F)c2F)c(F)c(N)c1OC. The van der Waals surface area contributed by atoms with Crippen molar-refractivity contribution >= 4 is 11.7 Å². The van der Waals surface area contributed by atoms with E-state index in [0.717, 1.165) is 14.2 Å². The molecule has 0 bridgehead atoms. The largest absolute Gasteiger partial charge is 0.492 e. The van der Waals surface area contributed by atoms with E-state index in [1.54, 1.807) is 0 Å². The molecule has 0 atom stereocenters. The number of anilines is 1. The highest BCUT2D eigenvalue weighted by atomic mass is 19.4. The van der Waals surface area contributed by atoms with Crippen LogP contribution in [0.1, 0.15) is 16.1 Å². The molecule has 0 aliphatic carbocycles. The van der Waals surface area contributed by atoms with Crippen molar-refractivity contribution < 1.29 is 40.6 Å². The molecule has 1 aromatic carbocycles. The first-order valence-electron chi connectivity index (χ1n) is 6.71. The number of ether oxygens (including phenoxy) is 2. The van der Waals surface area contributed by atoms with Crippen molar-refractivity contribution in [3.05, 3.63) is 40.8 Å². The molecule has 2 N–H and O–H groups in total. The van der Waals surface area contributed by atoms with E-state index in [1.165, 1.54) is 0 Å². The number of alkyl halides is 3. The Balaban J connectivity index is 2.79. The number of esters is 1. The number of hydrogen-bond acceptors (Lipinski definition) is 5. The van der Waals surface area contributed by atoms with Crippen LogP contribution in [0.3, 0.4) is 0 Å². The van der Waals surface area contributed by atoms with E-state index < -0.39 is 63.5 Å². The number of rotatable bonds is 3. The molecular weight excluding hydrogens is 370 g/mol. The molecule has 0 unspecified atom stereocenters. The Morgan fingerprint density at radius 3 is 2.19 bits per heavy atom. The standard InChI is InChI=1S/C15H10F6N2O3/c1-25-13-10(22)9(18)11(23-12(13)14(24)26-2)5-3-4-6(15(19,20)21)8(17)7(5)16/h3-4H,1-2H3,(H2,22,23). The van der Waals surface area contributed by atoms with E-state index in [-0.39, 0.29) is 6.07 Å². The molecule has 0 radical (unpaired) electrons. The van der Waals surface area contributed by atoms with Crippen molar-refractivity contribution in [1.82, 2.24) is 4.98 Å². The predicted octanol–water partition coefficient (Wildman–Crippen LogP) is 3.56. The van der Waals surface area contributed by atoms with Gasteiger partial charge in [-0.15, -0.1) is 0 Å². The van der Waals surface area contributed by atoms with Crippen LogP contribution in [-0.4, -0.2) is 25.2 Å². The van der Waals surface area contributed by atoms with Crippen LogP contribution in [0.4, 0.5) is 32.0 Å². The molecule has 0 spiro atoms. The fourth-order valence-corrected chi connectivity index (χ4v) is 2.14.